The van der Waals surface area contributed by atoms with Crippen molar-refractivity contribution in [3.8, 4) is 17.3 Å². The fourth-order valence-electron chi connectivity index (χ4n) is 1.87. The van der Waals surface area contributed by atoms with Gasteiger partial charge in [-0.15, -0.1) is 0 Å². The van der Waals surface area contributed by atoms with Crippen LogP contribution in [0.5, 0.6) is 0 Å². The minimum Gasteiger partial charge on any atom is -0.481 e. The van der Waals surface area contributed by atoms with Gasteiger partial charge in [-0.1, -0.05) is 30.4 Å². The number of thiazole rings is 1. The number of carbonyl (C=O) groups is 2. The predicted octanol–water partition coefficient (Wildman–Crippen LogP) is 2.87. The van der Waals surface area contributed by atoms with Crippen molar-refractivity contribution in [1.82, 2.24) is 4.98 Å². The molecule has 8 heteroatoms. The number of halogens is 1. The van der Waals surface area contributed by atoms with E-state index in [-0.39, 0.29) is 27.7 Å². The summed E-state index contributed by atoms with van der Waals surface area (Å²) in [6, 6.07) is 7.80. The van der Waals surface area contributed by atoms with Gasteiger partial charge >= 0.3 is 5.97 Å². The number of carbonyl (C=O) groups excluding carboxylic acids is 1. The molecule has 0 spiro atoms. The molecule has 0 unspecified atom stereocenters. The van der Waals surface area contributed by atoms with E-state index in [0.717, 1.165) is 11.3 Å². The zero-order chi connectivity index (χ0) is 17.0. The summed E-state index contributed by atoms with van der Waals surface area (Å²) in [4.78, 5) is 26.8. The first-order valence-corrected chi connectivity index (χ1v) is 7.42. The van der Waals surface area contributed by atoms with Gasteiger partial charge in [0.05, 0.1) is 6.42 Å². The fourth-order valence-corrected chi connectivity index (χ4v) is 2.65. The zero-order valence-electron chi connectivity index (χ0n) is 12.0. The van der Waals surface area contributed by atoms with E-state index in [9.17, 15) is 14.0 Å². The second-order valence-corrected chi connectivity index (χ2v) is 5.78. The third-order valence-electron chi connectivity index (χ3n) is 3.02. The van der Waals surface area contributed by atoms with Crippen LogP contribution in [-0.2, 0) is 9.59 Å². The van der Waals surface area contributed by atoms with Gasteiger partial charge in [0.15, 0.2) is 5.13 Å². The van der Waals surface area contributed by atoms with E-state index in [1.807, 2.05) is 6.07 Å². The number of nitriles is 1. The second kappa shape index (κ2) is 6.98. The summed E-state index contributed by atoms with van der Waals surface area (Å²) >= 11 is 0.909. The molecule has 0 radical (unpaired) electrons. The molecule has 23 heavy (non-hydrogen) atoms. The molecule has 0 aliphatic carbocycles. The molecule has 0 fully saturated rings. The van der Waals surface area contributed by atoms with E-state index >= 15 is 0 Å². The van der Waals surface area contributed by atoms with Crippen LogP contribution in [0.4, 0.5) is 9.52 Å². The van der Waals surface area contributed by atoms with Crippen LogP contribution in [-0.4, -0.2) is 22.0 Å². The number of carboxylic acid groups (broad SMARTS) is 1. The van der Waals surface area contributed by atoms with Crippen LogP contribution >= 0.6 is 11.3 Å². The number of anilines is 1. The van der Waals surface area contributed by atoms with Crippen molar-refractivity contribution in [2.24, 2.45) is 5.92 Å². The van der Waals surface area contributed by atoms with Gasteiger partial charge in [-0.2, -0.15) is 5.26 Å². The Labute approximate surface area is 135 Å². The summed E-state index contributed by atoms with van der Waals surface area (Å²) < 4.78 is 13.8. The Morgan fingerprint density at radius 2 is 2.17 bits per heavy atom. The number of hydrogen-bond donors (Lipinski definition) is 2. The maximum atomic E-state index is 13.8. The summed E-state index contributed by atoms with van der Waals surface area (Å²) in [7, 11) is 0. The molecule has 1 atom stereocenters. The summed E-state index contributed by atoms with van der Waals surface area (Å²) in [5.41, 5.74) is 0.316. The van der Waals surface area contributed by atoms with E-state index in [1.165, 1.54) is 25.1 Å². The molecule has 1 heterocycles. The molecule has 6 nitrogen and oxygen atoms in total. The summed E-state index contributed by atoms with van der Waals surface area (Å²) in [5.74, 6) is -2.88. The zero-order valence-corrected chi connectivity index (χ0v) is 12.9. The first kappa shape index (κ1) is 16.6. The smallest absolute Gasteiger partial charge is 0.304 e. The van der Waals surface area contributed by atoms with E-state index in [2.05, 4.69) is 10.3 Å². The van der Waals surface area contributed by atoms with Crippen LogP contribution in [0, 0.1) is 23.1 Å². The van der Waals surface area contributed by atoms with Gasteiger partial charge < -0.3 is 10.4 Å². The third-order valence-corrected chi connectivity index (χ3v) is 3.89. The van der Waals surface area contributed by atoms with Crippen LogP contribution in [0.15, 0.2) is 24.3 Å². The topological polar surface area (TPSA) is 103 Å². The molecule has 1 amide bonds. The van der Waals surface area contributed by atoms with Gasteiger partial charge in [-0.25, -0.2) is 9.37 Å². The summed E-state index contributed by atoms with van der Waals surface area (Å²) in [5, 5.41) is 20.4. The van der Waals surface area contributed by atoms with Crippen LogP contribution < -0.4 is 5.32 Å². The van der Waals surface area contributed by atoms with Gasteiger partial charge in [0, 0.05) is 11.5 Å². The largest absolute Gasteiger partial charge is 0.481 e. The van der Waals surface area contributed by atoms with E-state index in [0.29, 0.717) is 0 Å². The highest BCUT2D eigenvalue weighted by Gasteiger charge is 2.20. The number of aromatic nitrogens is 1. The number of carboxylic acids is 1. The normalized spacial score (nSPS) is 11.5. The number of aliphatic carboxylic acids is 1. The Balaban J connectivity index is 2.27. The predicted molar refractivity (Wildman–Crippen MR) is 82.3 cm³/mol. The average Bonchev–Trinajstić information content (AvgIpc) is 2.89. The molecular weight excluding hydrogens is 321 g/mol. The molecule has 0 aliphatic heterocycles. The maximum absolute atomic E-state index is 13.8. The Kier molecular flexibility index (Phi) is 5.03. The molecule has 2 N–H and O–H groups in total. The lowest BCUT2D eigenvalue weighted by molar-refractivity contribution is -0.139. The van der Waals surface area contributed by atoms with Gasteiger partial charge in [0.1, 0.15) is 22.5 Å². The fraction of sp³-hybridized carbons (Fsp3) is 0.200. The van der Waals surface area contributed by atoms with Crippen molar-refractivity contribution in [2.75, 3.05) is 5.32 Å². The highest BCUT2D eigenvalue weighted by atomic mass is 32.1. The number of benzene rings is 1. The third kappa shape index (κ3) is 3.90. The van der Waals surface area contributed by atoms with Crippen molar-refractivity contribution in [3.05, 3.63) is 35.0 Å². The first-order valence-electron chi connectivity index (χ1n) is 6.61. The summed E-state index contributed by atoms with van der Waals surface area (Å²) in [6.45, 7) is 1.47. The van der Waals surface area contributed by atoms with Crippen molar-refractivity contribution in [1.29, 1.82) is 5.26 Å². The molecule has 0 saturated heterocycles. The molecule has 0 bridgehead atoms. The van der Waals surface area contributed by atoms with E-state index in [4.69, 9.17) is 10.4 Å². The molecular formula is C15H12FN3O3S. The van der Waals surface area contributed by atoms with Crippen molar-refractivity contribution < 1.29 is 19.1 Å². The van der Waals surface area contributed by atoms with Crippen LogP contribution in [0.1, 0.15) is 18.2 Å². The SMILES string of the molecule is C[C@@H](CC(=O)O)C(=O)Nc1nc(-c2ccccc2F)c(C#N)s1. The van der Waals surface area contributed by atoms with Crippen LogP contribution in [0.2, 0.25) is 0 Å². The minimum absolute atomic E-state index is 0.127. The number of nitrogens with one attached hydrogen (secondary N) is 1. The van der Waals surface area contributed by atoms with Gasteiger partial charge in [-0.3, -0.25) is 9.59 Å². The highest BCUT2D eigenvalue weighted by Crippen LogP contribution is 2.32. The Morgan fingerprint density at radius 3 is 2.78 bits per heavy atom. The van der Waals surface area contributed by atoms with Gasteiger partial charge in [-0.05, 0) is 12.1 Å². The summed E-state index contributed by atoms with van der Waals surface area (Å²) in [6.07, 6.45) is -0.317. The monoisotopic (exact) mass is 333 g/mol. The quantitative estimate of drug-likeness (QED) is 0.875. The molecule has 2 rings (SSSR count). The van der Waals surface area contributed by atoms with E-state index < -0.39 is 23.6 Å². The Morgan fingerprint density at radius 1 is 1.48 bits per heavy atom. The molecule has 1 aromatic carbocycles. The highest BCUT2D eigenvalue weighted by molar-refractivity contribution is 7.16. The lowest BCUT2D eigenvalue weighted by Crippen LogP contribution is -2.22. The maximum Gasteiger partial charge on any atom is 0.304 e. The van der Waals surface area contributed by atoms with Crippen molar-refractivity contribution >= 4 is 28.3 Å². The van der Waals surface area contributed by atoms with Crippen LogP contribution in [0.3, 0.4) is 0 Å². The number of hydrogen-bond acceptors (Lipinski definition) is 5. The molecule has 1 aromatic heterocycles. The second-order valence-electron chi connectivity index (χ2n) is 4.78. The number of rotatable bonds is 5. The molecule has 2 aromatic rings. The van der Waals surface area contributed by atoms with Gasteiger partial charge in [0.2, 0.25) is 5.91 Å². The lowest BCUT2D eigenvalue weighted by Gasteiger charge is -2.07. The van der Waals surface area contributed by atoms with E-state index in [1.54, 1.807) is 6.07 Å². The molecule has 0 saturated carbocycles. The van der Waals surface area contributed by atoms with Crippen LogP contribution in [0.25, 0.3) is 11.3 Å². The average molecular weight is 333 g/mol. The number of nitrogens with zero attached hydrogens (tertiary/aromatic N) is 2. The molecule has 118 valence electrons. The van der Waals surface area contributed by atoms with Crippen molar-refractivity contribution in [3.63, 3.8) is 0 Å². The lowest BCUT2D eigenvalue weighted by atomic mass is 10.1. The standard InChI is InChI=1S/C15H12FN3O3S/c1-8(6-12(20)21)14(22)19-15-18-13(11(7-17)23-15)9-4-2-3-5-10(9)16/h2-5,8H,6H2,1H3,(H,20,21)(H,18,19,22)/t8-/m0/s1. The Hall–Kier alpha value is -2.79. The van der Waals surface area contributed by atoms with Gasteiger partial charge in [0.25, 0.3) is 0 Å². The minimum atomic E-state index is -1.09. The van der Waals surface area contributed by atoms with Crippen molar-refractivity contribution in [2.45, 2.75) is 13.3 Å². The molecule has 0 aliphatic rings. The first-order chi connectivity index (χ1) is 10.9. The number of amides is 1. The Bertz CT molecular complexity index is 798.